The van der Waals surface area contributed by atoms with Crippen molar-refractivity contribution in [2.24, 2.45) is 0 Å². The number of ether oxygens (including phenoxy) is 1. The summed E-state index contributed by atoms with van der Waals surface area (Å²) in [4.78, 5) is 30.5. The van der Waals surface area contributed by atoms with Gasteiger partial charge in [0.15, 0.2) is 11.4 Å². The average Bonchev–Trinajstić information content (AvgIpc) is 2.48. The van der Waals surface area contributed by atoms with Crippen LogP contribution in [0.1, 0.15) is 17.3 Å². The fourth-order valence-electron chi connectivity index (χ4n) is 2.42. The molecule has 0 saturated carbocycles. The maximum Gasteiger partial charge on any atom is 0.259 e. The first-order valence-corrected chi connectivity index (χ1v) is 6.73. The SMILES string of the molecule is [B]c1cc(C(C)=O)c2nc(N3CCOCC3)cc(=O)n2c1. The minimum atomic E-state index is -0.253. The fourth-order valence-corrected chi connectivity index (χ4v) is 2.42. The molecular formula is C14H14BN3O3. The molecule has 2 aromatic heterocycles. The molecule has 1 aliphatic rings. The second-order valence-electron chi connectivity index (χ2n) is 4.99. The molecule has 6 nitrogen and oxygen atoms in total. The van der Waals surface area contributed by atoms with E-state index in [-0.39, 0.29) is 11.3 Å². The zero-order chi connectivity index (χ0) is 15.0. The first kappa shape index (κ1) is 13.8. The molecule has 3 rings (SSSR count). The molecule has 0 spiro atoms. The summed E-state index contributed by atoms with van der Waals surface area (Å²) < 4.78 is 6.61. The molecule has 0 aliphatic carbocycles. The Bertz CT molecular complexity index is 766. The predicted octanol–water partition coefficient (Wildman–Crippen LogP) is -0.473. The first-order valence-electron chi connectivity index (χ1n) is 6.73. The van der Waals surface area contributed by atoms with Crippen molar-refractivity contribution in [3.8, 4) is 0 Å². The first-order chi connectivity index (χ1) is 10.1. The Labute approximate surface area is 122 Å². The highest BCUT2D eigenvalue weighted by Crippen LogP contribution is 2.14. The number of Topliss-reactive ketones (excluding diaryl/α,β-unsaturated/α-hetero) is 1. The lowest BCUT2D eigenvalue weighted by Crippen LogP contribution is -2.38. The molecular weight excluding hydrogens is 269 g/mol. The molecule has 0 amide bonds. The second-order valence-corrected chi connectivity index (χ2v) is 4.99. The third kappa shape index (κ3) is 2.56. The van der Waals surface area contributed by atoms with E-state index in [0.29, 0.717) is 48.8 Å². The van der Waals surface area contributed by atoms with Gasteiger partial charge in [0.05, 0.1) is 18.8 Å². The number of anilines is 1. The van der Waals surface area contributed by atoms with Crippen LogP contribution >= 0.6 is 0 Å². The van der Waals surface area contributed by atoms with Crippen molar-refractivity contribution < 1.29 is 9.53 Å². The number of carbonyl (C=O) groups excluding carboxylic acids is 1. The number of hydrogen-bond donors (Lipinski definition) is 0. The van der Waals surface area contributed by atoms with E-state index in [1.807, 2.05) is 4.90 Å². The highest BCUT2D eigenvalue weighted by Gasteiger charge is 2.16. The predicted molar refractivity (Wildman–Crippen MR) is 79.9 cm³/mol. The number of rotatable bonds is 2. The summed E-state index contributed by atoms with van der Waals surface area (Å²) >= 11 is 0. The van der Waals surface area contributed by atoms with Gasteiger partial charge in [-0.2, -0.15) is 0 Å². The molecule has 0 aromatic carbocycles. The van der Waals surface area contributed by atoms with Crippen molar-refractivity contribution in [1.29, 1.82) is 0 Å². The Morgan fingerprint density at radius 3 is 2.71 bits per heavy atom. The summed E-state index contributed by atoms with van der Waals surface area (Å²) in [6.07, 6.45) is 1.49. The number of aromatic nitrogens is 2. The van der Waals surface area contributed by atoms with Gasteiger partial charge < -0.3 is 9.64 Å². The zero-order valence-electron chi connectivity index (χ0n) is 11.7. The van der Waals surface area contributed by atoms with Crippen LogP contribution in [0, 0.1) is 0 Å². The quantitative estimate of drug-likeness (QED) is 0.550. The van der Waals surface area contributed by atoms with Crippen molar-refractivity contribution in [2.45, 2.75) is 6.92 Å². The highest BCUT2D eigenvalue weighted by atomic mass is 16.5. The van der Waals surface area contributed by atoms with Crippen molar-refractivity contribution >= 4 is 30.6 Å². The van der Waals surface area contributed by atoms with Gasteiger partial charge in [0.25, 0.3) is 5.56 Å². The van der Waals surface area contributed by atoms with Crippen LogP contribution in [-0.4, -0.2) is 49.3 Å². The molecule has 2 radical (unpaired) electrons. The maximum absolute atomic E-state index is 12.3. The summed E-state index contributed by atoms with van der Waals surface area (Å²) in [5.41, 5.74) is 0.792. The van der Waals surface area contributed by atoms with E-state index in [4.69, 9.17) is 12.6 Å². The average molecular weight is 283 g/mol. The molecule has 2 aromatic rings. The largest absolute Gasteiger partial charge is 0.378 e. The van der Waals surface area contributed by atoms with E-state index in [1.54, 1.807) is 6.07 Å². The highest BCUT2D eigenvalue weighted by molar-refractivity contribution is 6.32. The second kappa shape index (κ2) is 5.33. The molecule has 0 N–H and O–H groups in total. The van der Waals surface area contributed by atoms with Gasteiger partial charge in [0.1, 0.15) is 13.7 Å². The van der Waals surface area contributed by atoms with Crippen molar-refractivity contribution in [2.75, 3.05) is 31.2 Å². The van der Waals surface area contributed by atoms with Crippen LogP contribution in [0.2, 0.25) is 0 Å². The monoisotopic (exact) mass is 283 g/mol. The van der Waals surface area contributed by atoms with E-state index in [1.165, 1.54) is 23.6 Å². The standard InChI is InChI=1S/C14H14BN3O3/c1-9(19)11-6-10(15)8-18-13(20)7-12(16-14(11)18)17-2-4-21-5-3-17/h6-8H,2-5H2,1H3. The van der Waals surface area contributed by atoms with Gasteiger partial charge in [-0.05, 0) is 6.92 Å². The molecule has 7 heteroatoms. The smallest absolute Gasteiger partial charge is 0.259 e. The van der Waals surface area contributed by atoms with Crippen LogP contribution in [-0.2, 0) is 4.74 Å². The zero-order valence-corrected chi connectivity index (χ0v) is 11.7. The molecule has 3 heterocycles. The van der Waals surface area contributed by atoms with Crippen molar-refractivity contribution in [3.63, 3.8) is 0 Å². The van der Waals surface area contributed by atoms with Crippen LogP contribution in [0.25, 0.3) is 5.65 Å². The Morgan fingerprint density at radius 1 is 1.33 bits per heavy atom. The Morgan fingerprint density at radius 2 is 2.05 bits per heavy atom. The van der Waals surface area contributed by atoms with Crippen LogP contribution in [0.3, 0.4) is 0 Å². The molecule has 1 aliphatic heterocycles. The van der Waals surface area contributed by atoms with Gasteiger partial charge in [-0.3, -0.25) is 14.0 Å². The van der Waals surface area contributed by atoms with Gasteiger partial charge in [-0.15, -0.1) is 0 Å². The van der Waals surface area contributed by atoms with Gasteiger partial charge in [0.2, 0.25) is 0 Å². The summed E-state index contributed by atoms with van der Waals surface area (Å²) in [6, 6.07) is 3.01. The normalized spacial score (nSPS) is 15.4. The number of pyridine rings is 1. The van der Waals surface area contributed by atoms with Crippen molar-refractivity contribution in [3.05, 3.63) is 34.2 Å². The molecule has 21 heavy (non-hydrogen) atoms. The number of nitrogens with zero attached hydrogens (tertiary/aromatic N) is 3. The minimum absolute atomic E-state index is 0.175. The Kier molecular flexibility index (Phi) is 3.51. The van der Waals surface area contributed by atoms with Crippen LogP contribution < -0.4 is 15.9 Å². The Balaban J connectivity index is 2.22. The summed E-state index contributed by atoms with van der Waals surface area (Å²) in [5.74, 6) is 0.390. The summed E-state index contributed by atoms with van der Waals surface area (Å²) in [7, 11) is 5.75. The van der Waals surface area contributed by atoms with Gasteiger partial charge >= 0.3 is 0 Å². The summed E-state index contributed by atoms with van der Waals surface area (Å²) in [6.45, 7) is 3.98. The lowest BCUT2D eigenvalue weighted by molar-refractivity contribution is 0.101. The number of hydrogen-bond acceptors (Lipinski definition) is 5. The van der Waals surface area contributed by atoms with E-state index in [2.05, 4.69) is 4.98 Å². The minimum Gasteiger partial charge on any atom is -0.378 e. The van der Waals surface area contributed by atoms with E-state index < -0.39 is 0 Å². The van der Waals surface area contributed by atoms with Crippen LogP contribution in [0.4, 0.5) is 5.82 Å². The fraction of sp³-hybridized carbons (Fsp3) is 0.357. The molecule has 0 atom stereocenters. The van der Waals surface area contributed by atoms with E-state index in [9.17, 15) is 9.59 Å². The molecule has 0 bridgehead atoms. The Hall–Kier alpha value is -2.15. The van der Waals surface area contributed by atoms with Crippen LogP contribution in [0.5, 0.6) is 0 Å². The van der Waals surface area contributed by atoms with E-state index >= 15 is 0 Å². The number of morpholine rings is 1. The lowest BCUT2D eigenvalue weighted by atomic mass is 9.96. The third-order valence-electron chi connectivity index (χ3n) is 3.48. The molecule has 1 saturated heterocycles. The molecule has 0 unspecified atom stereocenters. The van der Waals surface area contributed by atoms with Gasteiger partial charge in [-0.1, -0.05) is 11.5 Å². The third-order valence-corrected chi connectivity index (χ3v) is 3.48. The van der Waals surface area contributed by atoms with Gasteiger partial charge in [0, 0.05) is 25.4 Å². The number of carbonyl (C=O) groups is 1. The molecule has 1 fully saturated rings. The number of ketones is 1. The van der Waals surface area contributed by atoms with Gasteiger partial charge in [-0.25, -0.2) is 4.98 Å². The maximum atomic E-state index is 12.3. The van der Waals surface area contributed by atoms with Crippen LogP contribution in [0.15, 0.2) is 23.1 Å². The summed E-state index contributed by atoms with van der Waals surface area (Å²) in [5, 5.41) is 0. The number of fused-ring (bicyclic) bond motifs is 1. The topological polar surface area (TPSA) is 63.9 Å². The lowest BCUT2D eigenvalue weighted by Gasteiger charge is -2.27. The van der Waals surface area contributed by atoms with Crippen molar-refractivity contribution in [1.82, 2.24) is 9.38 Å². The molecule has 106 valence electrons. The van der Waals surface area contributed by atoms with E-state index in [0.717, 1.165) is 0 Å².